The lowest BCUT2D eigenvalue weighted by molar-refractivity contribution is -0.238. The van der Waals surface area contributed by atoms with Crippen molar-refractivity contribution in [2.45, 2.75) is 104 Å². The van der Waals surface area contributed by atoms with Crippen LogP contribution in [0.5, 0.6) is 0 Å². The second-order valence-electron chi connectivity index (χ2n) is 13.3. The summed E-state index contributed by atoms with van der Waals surface area (Å²) in [6, 6.07) is 0. The van der Waals surface area contributed by atoms with Crippen LogP contribution in [0, 0.1) is 29.6 Å². The highest BCUT2D eigenvalue weighted by atomic mass is 16.7. The van der Waals surface area contributed by atoms with Crippen molar-refractivity contribution in [2.75, 3.05) is 7.11 Å². The van der Waals surface area contributed by atoms with Gasteiger partial charge in [-0.3, -0.25) is 14.4 Å². The molecule has 11 nitrogen and oxygen atoms in total. The molecule has 11 heteroatoms. The van der Waals surface area contributed by atoms with Crippen molar-refractivity contribution < 1.29 is 48.7 Å². The first kappa shape index (κ1) is 37.1. The number of rotatable bonds is 2. The van der Waals surface area contributed by atoms with Gasteiger partial charge in [-0.1, -0.05) is 52.5 Å². The van der Waals surface area contributed by atoms with Crippen LogP contribution in [0.1, 0.15) is 68.2 Å². The highest BCUT2D eigenvalue weighted by molar-refractivity contribution is 6.03. The number of ketones is 1. The lowest BCUT2D eigenvalue weighted by atomic mass is 9.59. The molecule has 2 heterocycles. The Morgan fingerprint density at radius 2 is 1.72 bits per heavy atom. The van der Waals surface area contributed by atoms with Gasteiger partial charge in [0, 0.05) is 68.6 Å². The first-order valence-corrected chi connectivity index (χ1v) is 15.8. The first-order chi connectivity index (χ1) is 21.4. The maximum Gasteiger partial charge on any atom is 0.302 e. The summed E-state index contributed by atoms with van der Waals surface area (Å²) in [7, 11) is 1.49. The molecule has 0 spiro atoms. The van der Waals surface area contributed by atoms with Gasteiger partial charge in [-0.15, -0.1) is 0 Å². The normalized spacial score (nSPS) is 42.3. The summed E-state index contributed by atoms with van der Waals surface area (Å²) in [5.74, 6) is -5.62. The molecule has 0 saturated heterocycles. The molecule has 0 radical (unpaired) electrons. The molecule has 1 unspecified atom stereocenters. The third-order valence-corrected chi connectivity index (χ3v) is 10.0. The molecule has 256 valence electrons. The minimum atomic E-state index is -1.52. The molecule has 3 rings (SSSR count). The van der Waals surface area contributed by atoms with Crippen LogP contribution < -0.4 is 5.32 Å². The Morgan fingerprint density at radius 3 is 2.30 bits per heavy atom. The third kappa shape index (κ3) is 7.42. The number of aliphatic hydroxyl groups is 3. The van der Waals surface area contributed by atoms with Crippen LogP contribution in [0.4, 0.5) is 0 Å². The van der Waals surface area contributed by atoms with Crippen molar-refractivity contribution in [2.24, 2.45) is 29.6 Å². The molecule has 1 saturated carbocycles. The molecule has 3 aliphatic rings. The minimum Gasteiger partial charge on any atom is -0.512 e. The molecule has 1 amide bonds. The largest absolute Gasteiger partial charge is 0.512 e. The Labute approximate surface area is 272 Å². The molecule has 11 atom stereocenters. The Balaban J connectivity index is 2.16. The number of aliphatic hydroxyl groups excluding tert-OH is 3. The van der Waals surface area contributed by atoms with Gasteiger partial charge in [-0.2, -0.15) is 0 Å². The SMILES string of the molecule is C=C1O[C@]2(C)O/C=C/[C@H](OC)[C@@H](C)[C@@H](OC(C)=O)[C@H](C)[C@H](O)[C@H](C)[C@@H](O)[C@@H](C)/C=C/C=C(/C)C(=O)N[C@@]3(CC(O)=C1C)C(=O)CC23. The van der Waals surface area contributed by atoms with Gasteiger partial charge >= 0.3 is 5.97 Å². The third-order valence-electron chi connectivity index (χ3n) is 10.0. The Morgan fingerprint density at radius 1 is 1.07 bits per heavy atom. The van der Waals surface area contributed by atoms with Gasteiger partial charge in [0.25, 0.3) is 5.79 Å². The fourth-order valence-corrected chi connectivity index (χ4v) is 6.73. The van der Waals surface area contributed by atoms with E-state index in [1.165, 1.54) is 20.3 Å². The quantitative estimate of drug-likeness (QED) is 0.321. The number of ether oxygens (including phenoxy) is 4. The van der Waals surface area contributed by atoms with Gasteiger partial charge < -0.3 is 39.6 Å². The zero-order valence-corrected chi connectivity index (χ0v) is 28.4. The fourth-order valence-electron chi connectivity index (χ4n) is 6.73. The van der Waals surface area contributed by atoms with Crippen molar-refractivity contribution in [3.05, 3.63) is 59.8 Å². The van der Waals surface area contributed by atoms with Gasteiger partial charge in [0.15, 0.2) is 5.78 Å². The van der Waals surface area contributed by atoms with Crippen LogP contribution in [-0.2, 0) is 33.3 Å². The van der Waals surface area contributed by atoms with Crippen LogP contribution in [0.15, 0.2) is 59.8 Å². The van der Waals surface area contributed by atoms with E-state index in [0.717, 1.165) is 0 Å². The monoisotopic (exact) mass is 645 g/mol. The van der Waals surface area contributed by atoms with Crippen LogP contribution in [0.2, 0.25) is 0 Å². The van der Waals surface area contributed by atoms with Crippen molar-refractivity contribution in [3.63, 3.8) is 0 Å². The molecule has 0 aromatic carbocycles. The van der Waals surface area contributed by atoms with Crippen molar-refractivity contribution in [1.29, 1.82) is 0 Å². The maximum absolute atomic E-state index is 13.5. The van der Waals surface area contributed by atoms with E-state index in [2.05, 4.69) is 11.9 Å². The van der Waals surface area contributed by atoms with Gasteiger partial charge in [-0.25, -0.2) is 0 Å². The maximum atomic E-state index is 13.5. The highest BCUT2D eigenvalue weighted by Gasteiger charge is 2.66. The summed E-state index contributed by atoms with van der Waals surface area (Å²) in [6.07, 6.45) is 4.28. The molecule has 46 heavy (non-hydrogen) atoms. The highest BCUT2D eigenvalue weighted by Crippen LogP contribution is 2.51. The van der Waals surface area contributed by atoms with Gasteiger partial charge in [0.05, 0.1) is 30.5 Å². The Hall–Kier alpha value is -3.41. The molecule has 0 aromatic heterocycles. The van der Waals surface area contributed by atoms with Crippen LogP contribution in [-0.4, -0.2) is 75.8 Å². The topological polar surface area (TPSA) is 161 Å². The molecule has 1 fully saturated rings. The van der Waals surface area contributed by atoms with E-state index in [1.54, 1.807) is 65.8 Å². The number of methoxy groups -OCH3 is 1. The van der Waals surface area contributed by atoms with E-state index in [9.17, 15) is 29.7 Å². The molecule has 4 N–H and O–H groups in total. The van der Waals surface area contributed by atoms with Gasteiger partial charge in [-0.05, 0) is 19.9 Å². The summed E-state index contributed by atoms with van der Waals surface area (Å²) >= 11 is 0. The number of Topliss-reactive ketones (excluding diaryl/α,β-unsaturated/α-hetero) is 1. The summed E-state index contributed by atoms with van der Waals surface area (Å²) in [5.41, 5.74) is -0.917. The average Bonchev–Trinajstić information content (AvgIpc) is 3.00. The molecular weight excluding hydrogens is 594 g/mol. The van der Waals surface area contributed by atoms with E-state index in [4.69, 9.17) is 18.9 Å². The predicted molar refractivity (Wildman–Crippen MR) is 171 cm³/mol. The number of esters is 1. The van der Waals surface area contributed by atoms with Gasteiger partial charge in [0.2, 0.25) is 5.91 Å². The lowest BCUT2D eigenvalue weighted by Gasteiger charge is -2.55. The van der Waals surface area contributed by atoms with Crippen molar-refractivity contribution in [1.82, 2.24) is 5.32 Å². The van der Waals surface area contributed by atoms with Crippen molar-refractivity contribution in [3.8, 4) is 0 Å². The number of hydrogen-bond donors (Lipinski definition) is 4. The number of nitrogens with one attached hydrogen (secondary N) is 1. The predicted octanol–water partition coefficient (Wildman–Crippen LogP) is 4.17. The number of carbonyl (C=O) groups is 3. The second kappa shape index (κ2) is 14.6. The van der Waals surface area contributed by atoms with Crippen LogP contribution in [0.3, 0.4) is 0 Å². The van der Waals surface area contributed by atoms with Crippen LogP contribution in [0.25, 0.3) is 0 Å². The molecule has 0 aromatic rings. The Bertz CT molecular complexity index is 1320. The molecular formula is C35H51NO10. The van der Waals surface area contributed by atoms with Crippen molar-refractivity contribution >= 4 is 17.7 Å². The number of carbonyl (C=O) groups excluding carboxylic acids is 3. The van der Waals surface area contributed by atoms with E-state index in [1.807, 2.05) is 6.92 Å². The number of hydrogen-bond acceptors (Lipinski definition) is 10. The average molecular weight is 646 g/mol. The van der Waals surface area contributed by atoms with E-state index in [-0.39, 0.29) is 35.7 Å². The fraction of sp³-hybridized carbons (Fsp3) is 0.629. The first-order valence-electron chi connectivity index (χ1n) is 15.8. The lowest BCUT2D eigenvalue weighted by Crippen LogP contribution is -2.73. The number of amides is 1. The zero-order chi connectivity index (χ0) is 34.7. The standard InChI is InChI=1S/C35H51NO10/c1-18-12-11-13-19(2)33(42)36-35-17-26(38)20(3)24(7)46-34(9,28(35)16-29(35)39)44-15-14-27(43-10)21(4)32(45-25(8)37)23(6)31(41)22(5)30(18)40/h11-15,18,21-23,27-28,30-32,38,40-41H,7,16-17H2,1-6,8-10H3,(H,36,42)/b12-11+,15-14+,19-13-,26-20?/t18-,21+,22+,23+,27-,28?,30-,31+,32+,34-,35+/m0/s1. The second-order valence-corrected chi connectivity index (χ2v) is 13.3. The van der Waals surface area contributed by atoms with Gasteiger partial charge in [0.1, 0.15) is 23.2 Å². The summed E-state index contributed by atoms with van der Waals surface area (Å²) in [5, 5.41) is 36.3. The smallest absolute Gasteiger partial charge is 0.302 e. The van der Waals surface area contributed by atoms with Crippen LogP contribution >= 0.6 is 0 Å². The van der Waals surface area contributed by atoms with E-state index in [0.29, 0.717) is 5.57 Å². The number of allylic oxidation sites excluding steroid dienone is 3. The Kier molecular flexibility index (Phi) is 11.7. The molecule has 1 aliphatic carbocycles. The zero-order valence-electron chi connectivity index (χ0n) is 28.4. The molecule has 2 aliphatic heterocycles. The van der Waals surface area contributed by atoms with E-state index >= 15 is 0 Å². The summed E-state index contributed by atoms with van der Waals surface area (Å²) in [6.45, 7) is 17.2. The molecule has 2 bridgehead atoms. The van der Waals surface area contributed by atoms with E-state index < -0.39 is 77.2 Å². The minimum absolute atomic E-state index is 0.00845. The summed E-state index contributed by atoms with van der Waals surface area (Å²) in [4.78, 5) is 39.0. The summed E-state index contributed by atoms with van der Waals surface area (Å²) < 4.78 is 23.9.